The largest absolute Gasteiger partial charge is 0.375 e. The molecule has 5 nitrogen and oxygen atoms in total. The van der Waals surface area contributed by atoms with Crippen LogP contribution in [0.3, 0.4) is 0 Å². The van der Waals surface area contributed by atoms with Crippen LogP contribution in [0.2, 0.25) is 0 Å². The normalized spacial score (nSPS) is 33.5. The van der Waals surface area contributed by atoms with Gasteiger partial charge in [-0.25, -0.2) is 0 Å². The van der Waals surface area contributed by atoms with E-state index in [-0.39, 0.29) is 30.3 Å². The fourth-order valence-electron chi connectivity index (χ4n) is 2.62. The second-order valence-corrected chi connectivity index (χ2v) is 5.36. The van der Waals surface area contributed by atoms with Gasteiger partial charge < -0.3 is 9.47 Å². The molecule has 1 fully saturated rings. The third-order valence-electron chi connectivity index (χ3n) is 3.98. The Labute approximate surface area is 119 Å². The SMILES string of the molecule is CC1OC(C)[C@@H](N=[N+]=[N-])[C@H](OCc2ccccc2)[C@@H]1C. The number of nitrogens with zero attached hydrogens (tertiary/aromatic N) is 3. The molecule has 0 amide bonds. The van der Waals surface area contributed by atoms with Gasteiger partial charge in [-0.3, -0.25) is 0 Å². The van der Waals surface area contributed by atoms with E-state index in [0.29, 0.717) is 6.61 Å². The highest BCUT2D eigenvalue weighted by Crippen LogP contribution is 2.30. The summed E-state index contributed by atoms with van der Waals surface area (Å²) in [6, 6.07) is 9.73. The lowest BCUT2D eigenvalue weighted by atomic mass is 9.87. The molecule has 0 N–H and O–H groups in total. The first kappa shape index (κ1) is 14.9. The van der Waals surface area contributed by atoms with Gasteiger partial charge in [0.1, 0.15) is 0 Å². The number of benzene rings is 1. The van der Waals surface area contributed by atoms with E-state index >= 15 is 0 Å². The maximum Gasteiger partial charge on any atom is 0.0899 e. The van der Waals surface area contributed by atoms with E-state index in [2.05, 4.69) is 16.9 Å². The molecular formula is C15H21N3O2. The summed E-state index contributed by atoms with van der Waals surface area (Å²) >= 11 is 0. The van der Waals surface area contributed by atoms with E-state index in [0.717, 1.165) is 5.56 Å². The van der Waals surface area contributed by atoms with E-state index in [9.17, 15) is 0 Å². The van der Waals surface area contributed by atoms with Crippen LogP contribution in [0, 0.1) is 5.92 Å². The van der Waals surface area contributed by atoms with Gasteiger partial charge in [0.05, 0.1) is 31.0 Å². The van der Waals surface area contributed by atoms with Crippen molar-refractivity contribution >= 4 is 0 Å². The van der Waals surface area contributed by atoms with Crippen LogP contribution in [0.5, 0.6) is 0 Å². The van der Waals surface area contributed by atoms with Crippen LogP contribution in [0.25, 0.3) is 10.4 Å². The van der Waals surface area contributed by atoms with Crippen LogP contribution in [-0.4, -0.2) is 24.4 Å². The summed E-state index contributed by atoms with van der Waals surface area (Å²) in [5.74, 6) is 0.186. The lowest BCUT2D eigenvalue weighted by Gasteiger charge is -2.42. The zero-order valence-corrected chi connectivity index (χ0v) is 12.1. The molecule has 0 radical (unpaired) electrons. The Bertz CT molecular complexity index is 473. The van der Waals surface area contributed by atoms with Crippen molar-refractivity contribution in [3.8, 4) is 0 Å². The first-order valence-corrected chi connectivity index (χ1v) is 6.98. The van der Waals surface area contributed by atoms with Gasteiger partial charge in [0.15, 0.2) is 0 Å². The fraction of sp³-hybridized carbons (Fsp3) is 0.600. The minimum atomic E-state index is -0.282. The van der Waals surface area contributed by atoms with Crippen molar-refractivity contribution in [2.45, 2.75) is 51.7 Å². The Balaban J connectivity index is 2.09. The van der Waals surface area contributed by atoms with Crippen molar-refractivity contribution in [2.24, 2.45) is 11.0 Å². The first-order chi connectivity index (χ1) is 9.63. The van der Waals surface area contributed by atoms with Gasteiger partial charge >= 0.3 is 0 Å². The van der Waals surface area contributed by atoms with E-state index in [1.165, 1.54) is 0 Å². The molecule has 1 saturated heterocycles. The molecule has 1 aliphatic rings. The minimum absolute atomic E-state index is 0.0934. The van der Waals surface area contributed by atoms with Gasteiger partial charge in [0.2, 0.25) is 0 Å². The van der Waals surface area contributed by atoms with Crippen LogP contribution in [0.1, 0.15) is 26.3 Å². The average molecular weight is 275 g/mol. The highest BCUT2D eigenvalue weighted by atomic mass is 16.5. The Morgan fingerprint density at radius 2 is 1.90 bits per heavy atom. The standard InChI is InChI=1S/C15H21N3O2/c1-10-11(2)20-12(3)14(17-18-16)15(10)19-9-13-7-5-4-6-8-13/h4-8,10-12,14-15H,9H2,1-3H3/t10-,11?,12?,14-,15-/m1/s1. The number of hydrogen-bond donors (Lipinski definition) is 0. The molecule has 0 spiro atoms. The Morgan fingerprint density at radius 3 is 2.55 bits per heavy atom. The zero-order valence-electron chi connectivity index (χ0n) is 12.1. The van der Waals surface area contributed by atoms with Crippen molar-refractivity contribution in [1.82, 2.24) is 0 Å². The molecule has 2 rings (SSSR count). The van der Waals surface area contributed by atoms with E-state index in [4.69, 9.17) is 15.0 Å². The number of azide groups is 1. The van der Waals surface area contributed by atoms with E-state index in [1.807, 2.05) is 44.2 Å². The first-order valence-electron chi connectivity index (χ1n) is 6.98. The lowest BCUT2D eigenvalue weighted by molar-refractivity contribution is -0.152. The molecule has 0 aliphatic carbocycles. The number of hydrogen-bond acceptors (Lipinski definition) is 3. The summed E-state index contributed by atoms with van der Waals surface area (Å²) in [4.78, 5) is 2.94. The molecule has 0 bridgehead atoms. The topological polar surface area (TPSA) is 67.2 Å². The summed E-state index contributed by atoms with van der Waals surface area (Å²) in [6.45, 7) is 6.56. The lowest BCUT2D eigenvalue weighted by Crippen LogP contribution is -2.51. The molecule has 1 heterocycles. The van der Waals surface area contributed by atoms with E-state index in [1.54, 1.807) is 0 Å². The molecule has 5 atom stereocenters. The molecule has 0 saturated carbocycles. The molecule has 20 heavy (non-hydrogen) atoms. The fourth-order valence-corrected chi connectivity index (χ4v) is 2.62. The monoisotopic (exact) mass is 275 g/mol. The Hall–Kier alpha value is -1.55. The van der Waals surface area contributed by atoms with E-state index < -0.39 is 0 Å². The second-order valence-electron chi connectivity index (χ2n) is 5.36. The molecule has 1 aliphatic heterocycles. The van der Waals surface area contributed by atoms with Crippen molar-refractivity contribution in [2.75, 3.05) is 0 Å². The Morgan fingerprint density at radius 1 is 1.20 bits per heavy atom. The maximum atomic E-state index is 8.74. The molecular weight excluding hydrogens is 254 g/mol. The highest BCUT2D eigenvalue weighted by Gasteiger charge is 2.40. The minimum Gasteiger partial charge on any atom is -0.375 e. The molecule has 2 unspecified atom stereocenters. The summed E-state index contributed by atoms with van der Waals surface area (Å²) in [5.41, 5.74) is 9.86. The zero-order chi connectivity index (χ0) is 14.5. The predicted octanol–water partition coefficient (Wildman–Crippen LogP) is 3.69. The molecule has 1 aromatic rings. The van der Waals surface area contributed by atoms with Gasteiger partial charge in [-0.15, -0.1) is 0 Å². The van der Waals surface area contributed by atoms with Crippen molar-refractivity contribution in [1.29, 1.82) is 0 Å². The summed E-state index contributed by atoms with van der Waals surface area (Å²) < 4.78 is 11.8. The molecule has 5 heteroatoms. The van der Waals surface area contributed by atoms with Gasteiger partial charge in [0, 0.05) is 10.8 Å². The number of ether oxygens (including phenoxy) is 2. The smallest absolute Gasteiger partial charge is 0.0899 e. The second kappa shape index (κ2) is 6.75. The van der Waals surface area contributed by atoms with Crippen LogP contribution < -0.4 is 0 Å². The van der Waals surface area contributed by atoms with Crippen molar-refractivity contribution < 1.29 is 9.47 Å². The van der Waals surface area contributed by atoms with Gasteiger partial charge in [-0.05, 0) is 24.9 Å². The van der Waals surface area contributed by atoms with Crippen LogP contribution in [0.15, 0.2) is 35.4 Å². The highest BCUT2D eigenvalue weighted by molar-refractivity contribution is 5.13. The van der Waals surface area contributed by atoms with Crippen molar-refractivity contribution in [3.63, 3.8) is 0 Å². The molecule has 108 valence electrons. The molecule has 1 aromatic carbocycles. The quantitative estimate of drug-likeness (QED) is 0.477. The third kappa shape index (κ3) is 3.31. The maximum absolute atomic E-state index is 8.74. The van der Waals surface area contributed by atoms with Crippen molar-refractivity contribution in [3.05, 3.63) is 46.3 Å². The summed E-state index contributed by atoms with van der Waals surface area (Å²) in [6.07, 6.45) is -0.154. The van der Waals surface area contributed by atoms with Gasteiger partial charge in [-0.2, -0.15) is 0 Å². The summed E-state index contributed by atoms with van der Waals surface area (Å²) in [5, 5.41) is 3.87. The average Bonchev–Trinajstić information content (AvgIpc) is 2.45. The predicted molar refractivity (Wildman–Crippen MR) is 77.1 cm³/mol. The Kier molecular flexibility index (Phi) is 5.01. The van der Waals surface area contributed by atoms with Crippen LogP contribution >= 0.6 is 0 Å². The summed E-state index contributed by atoms with van der Waals surface area (Å²) in [7, 11) is 0. The molecule has 0 aromatic heterocycles. The van der Waals surface area contributed by atoms with Crippen LogP contribution in [0.4, 0.5) is 0 Å². The third-order valence-corrected chi connectivity index (χ3v) is 3.98. The van der Waals surface area contributed by atoms with Gasteiger partial charge in [-0.1, -0.05) is 42.4 Å². The van der Waals surface area contributed by atoms with Gasteiger partial charge in [0.25, 0.3) is 0 Å². The van der Waals surface area contributed by atoms with Crippen LogP contribution in [-0.2, 0) is 16.1 Å². The number of rotatable bonds is 4.